The van der Waals surface area contributed by atoms with Gasteiger partial charge in [0.2, 0.25) is 11.8 Å². The molecule has 1 atom stereocenters. The molecule has 0 bridgehead atoms. The number of aromatic nitrogens is 2. The summed E-state index contributed by atoms with van der Waals surface area (Å²) < 4.78 is 32.0. The van der Waals surface area contributed by atoms with E-state index >= 15 is 0 Å². The number of fused-ring (bicyclic) bond motifs is 4. The van der Waals surface area contributed by atoms with Crippen LogP contribution < -0.4 is 15.2 Å². The molecule has 7 nitrogen and oxygen atoms in total. The second kappa shape index (κ2) is 7.19. The van der Waals surface area contributed by atoms with Crippen molar-refractivity contribution in [2.24, 2.45) is 16.1 Å². The molecule has 1 unspecified atom stereocenters. The molecule has 2 aliphatic rings. The van der Waals surface area contributed by atoms with E-state index in [0.29, 0.717) is 35.1 Å². The van der Waals surface area contributed by atoms with Crippen LogP contribution in [-0.2, 0) is 10.3 Å². The number of benzene rings is 1. The lowest BCUT2D eigenvalue weighted by Crippen LogP contribution is -2.31. The molecule has 1 spiro atoms. The standard InChI is InChI=1S/C24H23FN4O3/c1-23(2,3)12-30-20-10-17-19(11-28-20)32-18-7-6-14(15-5-4-8-27-21(15)25)9-16(18)24(17)13-31-22(26)29-24/h4-11H,12-13H2,1-3H3,(H2,26,29). The summed E-state index contributed by atoms with van der Waals surface area (Å²) in [6.45, 7) is 6.93. The Balaban J connectivity index is 1.64. The van der Waals surface area contributed by atoms with Crippen molar-refractivity contribution in [1.29, 1.82) is 0 Å². The first kappa shape index (κ1) is 20.2. The molecule has 0 aliphatic carbocycles. The summed E-state index contributed by atoms with van der Waals surface area (Å²) in [5.41, 5.74) is 7.46. The first-order valence-electron chi connectivity index (χ1n) is 10.3. The van der Waals surface area contributed by atoms with E-state index in [1.165, 1.54) is 6.20 Å². The van der Waals surface area contributed by atoms with Crippen molar-refractivity contribution in [3.63, 3.8) is 0 Å². The Morgan fingerprint density at radius 3 is 2.66 bits per heavy atom. The topological polar surface area (TPSA) is 91.8 Å². The highest BCUT2D eigenvalue weighted by Crippen LogP contribution is 2.52. The van der Waals surface area contributed by atoms with Gasteiger partial charge < -0.3 is 19.9 Å². The lowest BCUT2D eigenvalue weighted by molar-refractivity contribution is 0.190. The van der Waals surface area contributed by atoms with Gasteiger partial charge >= 0.3 is 0 Å². The monoisotopic (exact) mass is 434 g/mol. The second-order valence-electron chi connectivity index (χ2n) is 9.12. The van der Waals surface area contributed by atoms with Crippen molar-refractivity contribution in [1.82, 2.24) is 9.97 Å². The third kappa shape index (κ3) is 3.41. The van der Waals surface area contributed by atoms with Crippen molar-refractivity contribution in [3.05, 3.63) is 65.9 Å². The van der Waals surface area contributed by atoms with E-state index in [2.05, 4.69) is 35.7 Å². The number of halogens is 1. The molecule has 2 aromatic heterocycles. The highest BCUT2D eigenvalue weighted by Gasteiger charge is 2.47. The van der Waals surface area contributed by atoms with Crippen LogP contribution in [0.4, 0.5) is 4.39 Å². The first-order valence-corrected chi connectivity index (χ1v) is 10.3. The minimum atomic E-state index is -0.954. The molecule has 8 heteroatoms. The molecule has 2 aliphatic heterocycles. The van der Waals surface area contributed by atoms with Crippen molar-refractivity contribution in [2.75, 3.05) is 13.2 Å². The predicted octanol–water partition coefficient (Wildman–Crippen LogP) is 4.40. The van der Waals surface area contributed by atoms with Crippen LogP contribution in [-0.4, -0.2) is 29.2 Å². The number of ether oxygens (including phenoxy) is 3. The van der Waals surface area contributed by atoms with Crippen LogP contribution in [0.1, 0.15) is 31.9 Å². The van der Waals surface area contributed by atoms with Crippen molar-refractivity contribution < 1.29 is 18.6 Å². The van der Waals surface area contributed by atoms with Gasteiger partial charge in [-0.15, -0.1) is 0 Å². The molecule has 4 heterocycles. The highest BCUT2D eigenvalue weighted by atomic mass is 19.1. The van der Waals surface area contributed by atoms with Crippen LogP contribution in [0, 0.1) is 11.4 Å². The van der Waals surface area contributed by atoms with Crippen LogP contribution in [0.2, 0.25) is 0 Å². The molecule has 0 saturated heterocycles. The lowest BCUT2D eigenvalue weighted by Gasteiger charge is -2.33. The molecule has 0 fully saturated rings. The smallest absolute Gasteiger partial charge is 0.283 e. The van der Waals surface area contributed by atoms with Crippen LogP contribution in [0.5, 0.6) is 17.4 Å². The number of hydrogen-bond acceptors (Lipinski definition) is 7. The van der Waals surface area contributed by atoms with Crippen molar-refractivity contribution >= 4 is 6.02 Å². The minimum absolute atomic E-state index is 0.0277. The van der Waals surface area contributed by atoms with Gasteiger partial charge in [-0.2, -0.15) is 4.39 Å². The quantitative estimate of drug-likeness (QED) is 0.615. The summed E-state index contributed by atoms with van der Waals surface area (Å²) in [6, 6.07) is 10.7. The fourth-order valence-electron chi connectivity index (χ4n) is 3.88. The molecular formula is C24H23FN4O3. The summed E-state index contributed by atoms with van der Waals surface area (Å²) in [5, 5.41) is 0. The average molecular weight is 434 g/mol. The average Bonchev–Trinajstić information content (AvgIpc) is 3.15. The molecule has 1 aromatic carbocycles. The maximum atomic E-state index is 14.4. The summed E-state index contributed by atoms with van der Waals surface area (Å²) in [6.07, 6.45) is 3.04. The highest BCUT2D eigenvalue weighted by molar-refractivity contribution is 5.78. The van der Waals surface area contributed by atoms with Gasteiger partial charge in [0.15, 0.2) is 11.3 Å². The Kier molecular flexibility index (Phi) is 4.54. The third-order valence-corrected chi connectivity index (χ3v) is 5.39. The summed E-state index contributed by atoms with van der Waals surface area (Å²) >= 11 is 0. The number of hydrogen-bond donors (Lipinski definition) is 1. The van der Waals surface area contributed by atoms with E-state index in [-0.39, 0.29) is 18.0 Å². The molecular weight excluding hydrogens is 411 g/mol. The number of nitrogens with zero attached hydrogens (tertiary/aromatic N) is 3. The van der Waals surface area contributed by atoms with Gasteiger partial charge in [-0.05, 0) is 35.2 Å². The SMILES string of the molecule is CC(C)(C)COc1cc2c(cn1)Oc1ccc(-c3cccnc3F)cc1C21COC(N)=N1. The number of pyridine rings is 2. The zero-order chi connectivity index (χ0) is 22.5. The van der Waals surface area contributed by atoms with Crippen LogP contribution in [0.25, 0.3) is 11.1 Å². The van der Waals surface area contributed by atoms with Gasteiger partial charge in [-0.25, -0.2) is 15.0 Å². The molecule has 3 aromatic rings. The van der Waals surface area contributed by atoms with E-state index < -0.39 is 11.5 Å². The summed E-state index contributed by atoms with van der Waals surface area (Å²) in [7, 11) is 0. The normalized spacial score (nSPS) is 18.9. The van der Waals surface area contributed by atoms with Crippen LogP contribution >= 0.6 is 0 Å². The Bertz CT molecular complexity index is 1240. The Morgan fingerprint density at radius 2 is 1.94 bits per heavy atom. The van der Waals surface area contributed by atoms with E-state index in [1.807, 2.05) is 12.1 Å². The molecule has 5 rings (SSSR count). The van der Waals surface area contributed by atoms with Crippen molar-refractivity contribution in [2.45, 2.75) is 26.3 Å². The van der Waals surface area contributed by atoms with Gasteiger partial charge in [0.05, 0.1) is 12.8 Å². The summed E-state index contributed by atoms with van der Waals surface area (Å²) in [5.74, 6) is 1.03. The van der Waals surface area contributed by atoms with Crippen molar-refractivity contribution in [3.8, 4) is 28.5 Å². The Morgan fingerprint density at radius 1 is 1.12 bits per heavy atom. The van der Waals surface area contributed by atoms with Gasteiger partial charge in [0.25, 0.3) is 6.02 Å². The van der Waals surface area contributed by atoms with Gasteiger partial charge in [-0.1, -0.05) is 26.8 Å². The molecule has 0 amide bonds. The van der Waals surface area contributed by atoms with Gasteiger partial charge in [0.1, 0.15) is 12.4 Å². The molecule has 0 radical (unpaired) electrons. The number of aliphatic imine (C=N–C) groups is 1. The second-order valence-corrected chi connectivity index (χ2v) is 9.12. The zero-order valence-electron chi connectivity index (χ0n) is 18.1. The zero-order valence-corrected chi connectivity index (χ0v) is 18.1. The maximum absolute atomic E-state index is 14.4. The summed E-state index contributed by atoms with van der Waals surface area (Å²) in [4.78, 5) is 12.8. The number of rotatable bonds is 3. The van der Waals surface area contributed by atoms with Crippen LogP contribution in [0.3, 0.4) is 0 Å². The number of nitrogens with two attached hydrogens (primary N) is 1. The van der Waals surface area contributed by atoms with E-state index in [1.54, 1.807) is 30.5 Å². The Hall–Kier alpha value is -3.68. The number of amidine groups is 1. The Labute approximate surface area is 185 Å². The van der Waals surface area contributed by atoms with E-state index in [4.69, 9.17) is 19.9 Å². The lowest BCUT2D eigenvalue weighted by atomic mass is 9.81. The van der Waals surface area contributed by atoms with E-state index in [0.717, 1.165) is 11.1 Å². The van der Waals surface area contributed by atoms with E-state index in [9.17, 15) is 4.39 Å². The fraction of sp³-hybridized carbons (Fsp3) is 0.292. The third-order valence-electron chi connectivity index (χ3n) is 5.39. The van der Waals surface area contributed by atoms with Gasteiger partial charge in [0, 0.05) is 29.0 Å². The molecule has 164 valence electrons. The fourth-order valence-corrected chi connectivity index (χ4v) is 3.88. The first-order chi connectivity index (χ1) is 15.2. The molecule has 0 saturated carbocycles. The largest absolute Gasteiger partial charge is 0.477 e. The maximum Gasteiger partial charge on any atom is 0.283 e. The molecule has 2 N–H and O–H groups in total. The van der Waals surface area contributed by atoms with Gasteiger partial charge in [-0.3, -0.25) is 0 Å². The molecule has 32 heavy (non-hydrogen) atoms. The minimum Gasteiger partial charge on any atom is -0.477 e. The van der Waals surface area contributed by atoms with Crippen LogP contribution in [0.15, 0.2) is 53.8 Å². The predicted molar refractivity (Wildman–Crippen MR) is 117 cm³/mol.